The minimum absolute atomic E-state index is 0.0324. The molecule has 0 spiro atoms. The number of nitrogens with two attached hydrogens (primary N) is 1. The average Bonchev–Trinajstić information content (AvgIpc) is 3.41. The maximum Gasteiger partial charge on any atom is 0.459 e. The molecule has 2 heterocycles. The van der Waals surface area contributed by atoms with Gasteiger partial charge in [0.1, 0.15) is 17.3 Å². The summed E-state index contributed by atoms with van der Waals surface area (Å²) in [6, 6.07) is 5.36. The fourth-order valence-electron chi connectivity index (χ4n) is 3.43. The first-order valence-corrected chi connectivity index (χ1v) is 12.9. The Morgan fingerprint density at radius 3 is 2.82 bits per heavy atom. The van der Waals surface area contributed by atoms with Gasteiger partial charge < -0.3 is 19.9 Å². The Hall–Kier alpha value is -2.50. The highest BCUT2D eigenvalue weighted by molar-refractivity contribution is 9.10. The first-order chi connectivity index (χ1) is 16.1. The number of hydrogen-bond acceptors (Lipinski definition) is 8. The van der Waals surface area contributed by atoms with Crippen LogP contribution in [0, 0.1) is 5.92 Å². The normalized spacial score (nSPS) is 20.3. The number of nitrogens with zero attached hydrogens (tertiary/aromatic N) is 4. The molecule has 1 aliphatic rings. The van der Waals surface area contributed by atoms with E-state index in [2.05, 4.69) is 36.0 Å². The molecule has 0 saturated heterocycles. The van der Waals surface area contributed by atoms with Crippen molar-refractivity contribution in [1.29, 1.82) is 0 Å². The van der Waals surface area contributed by atoms with E-state index in [0.717, 1.165) is 4.47 Å². The number of anilines is 1. The topological polar surface area (TPSA) is 154 Å². The quantitative estimate of drug-likeness (QED) is 0.193. The zero-order chi connectivity index (χ0) is 24.5. The van der Waals surface area contributed by atoms with Crippen molar-refractivity contribution in [2.24, 2.45) is 5.92 Å². The van der Waals surface area contributed by atoms with Crippen molar-refractivity contribution in [3.05, 3.63) is 52.4 Å². The van der Waals surface area contributed by atoms with Gasteiger partial charge in [0.05, 0.1) is 19.0 Å². The van der Waals surface area contributed by atoms with Gasteiger partial charge in [-0.2, -0.15) is 15.1 Å². The van der Waals surface area contributed by atoms with Gasteiger partial charge in [0.15, 0.2) is 10.8 Å². The summed E-state index contributed by atoms with van der Waals surface area (Å²) in [4.78, 5) is 23.7. The van der Waals surface area contributed by atoms with Crippen LogP contribution in [0.2, 0.25) is 5.15 Å². The molecule has 0 saturated carbocycles. The number of imidazole rings is 1. The number of rotatable bonds is 9. The van der Waals surface area contributed by atoms with E-state index in [4.69, 9.17) is 26.4 Å². The molecule has 1 unspecified atom stereocenters. The fraction of sp³-hybridized carbons (Fsp3) is 0.300. The Kier molecular flexibility index (Phi) is 7.25. The lowest BCUT2D eigenvalue weighted by Gasteiger charge is -2.23. The predicted octanol–water partition coefficient (Wildman–Crippen LogP) is 4.21. The largest absolute Gasteiger partial charge is 0.480 e. The van der Waals surface area contributed by atoms with Crippen molar-refractivity contribution in [2.45, 2.75) is 25.4 Å². The minimum atomic E-state index is -4.00. The van der Waals surface area contributed by atoms with Crippen molar-refractivity contribution < 1.29 is 23.5 Å². The molecule has 2 aromatic heterocycles. The van der Waals surface area contributed by atoms with Gasteiger partial charge in [-0.15, -0.1) is 0 Å². The van der Waals surface area contributed by atoms with Gasteiger partial charge in [-0.3, -0.25) is 9.32 Å². The zero-order valence-corrected chi connectivity index (χ0v) is 21.1. The Balaban J connectivity index is 1.46. The number of carbonyl (C=O) groups is 1. The maximum absolute atomic E-state index is 13.4. The number of allylic oxidation sites excluding steroid dienone is 1. The van der Waals surface area contributed by atoms with Crippen molar-refractivity contribution in [2.75, 3.05) is 12.3 Å². The molecule has 34 heavy (non-hydrogen) atoms. The molecule has 3 aromatic rings. The third kappa shape index (κ3) is 5.59. The summed E-state index contributed by atoms with van der Waals surface area (Å²) in [6.45, 7) is 1.39. The van der Waals surface area contributed by atoms with Gasteiger partial charge in [0, 0.05) is 10.4 Å². The number of carboxylic acid groups (broad SMARTS) is 1. The molecular formula is C20H21BrClN6O5P. The van der Waals surface area contributed by atoms with Crippen LogP contribution in [-0.2, 0) is 13.9 Å². The number of carboxylic acids is 1. The van der Waals surface area contributed by atoms with E-state index in [1.165, 1.54) is 6.92 Å². The molecule has 0 bridgehead atoms. The van der Waals surface area contributed by atoms with Crippen LogP contribution in [0.25, 0.3) is 11.2 Å². The maximum atomic E-state index is 13.4. The lowest BCUT2D eigenvalue weighted by Crippen LogP contribution is -2.33. The molecule has 14 heteroatoms. The van der Waals surface area contributed by atoms with Crippen LogP contribution in [0.15, 0.2) is 47.2 Å². The third-order valence-electron chi connectivity index (χ3n) is 5.12. The highest BCUT2D eigenvalue weighted by Gasteiger charge is 2.33. The van der Waals surface area contributed by atoms with Crippen LogP contribution in [0.1, 0.15) is 19.4 Å². The predicted molar refractivity (Wildman–Crippen MR) is 130 cm³/mol. The Morgan fingerprint density at radius 1 is 1.38 bits per heavy atom. The van der Waals surface area contributed by atoms with E-state index < -0.39 is 19.8 Å². The lowest BCUT2D eigenvalue weighted by molar-refractivity contribution is -0.138. The van der Waals surface area contributed by atoms with Crippen LogP contribution in [0.4, 0.5) is 5.95 Å². The molecule has 4 rings (SSSR count). The van der Waals surface area contributed by atoms with Crippen LogP contribution in [-0.4, -0.2) is 43.2 Å². The van der Waals surface area contributed by atoms with E-state index >= 15 is 0 Å². The number of aromatic nitrogens is 4. The summed E-state index contributed by atoms with van der Waals surface area (Å²) < 4.78 is 27.3. The highest BCUT2D eigenvalue weighted by Crippen LogP contribution is 2.46. The zero-order valence-electron chi connectivity index (χ0n) is 17.8. The summed E-state index contributed by atoms with van der Waals surface area (Å²) in [5, 5.41) is 11.9. The standard InChI is InChI=1S/C20H21BrClN6O5P/c1-11(19(29)30)27-34(31,33-15-6-3-13(21)4-7-15)32-9-12-2-5-14(8-12)28-10-24-16-17(22)25-20(23)26-18(16)28/h2-7,10-12,14H,8-9H2,1H3,(H,27,31)(H,29,30)(H2,23,25,26)/t11-,12+,14-,34?/m0/s1. The molecule has 1 aliphatic carbocycles. The molecule has 0 aliphatic heterocycles. The average molecular weight is 572 g/mol. The molecule has 11 nitrogen and oxygen atoms in total. The summed E-state index contributed by atoms with van der Waals surface area (Å²) in [5.41, 5.74) is 6.68. The van der Waals surface area contributed by atoms with Crippen molar-refractivity contribution in [1.82, 2.24) is 24.6 Å². The highest BCUT2D eigenvalue weighted by atomic mass is 79.9. The smallest absolute Gasteiger partial charge is 0.459 e. The summed E-state index contributed by atoms with van der Waals surface area (Å²) in [5.74, 6) is -0.988. The summed E-state index contributed by atoms with van der Waals surface area (Å²) in [7, 11) is -4.00. The monoisotopic (exact) mass is 570 g/mol. The molecule has 0 fully saturated rings. The Morgan fingerprint density at radius 2 is 2.12 bits per heavy atom. The van der Waals surface area contributed by atoms with E-state index in [-0.39, 0.29) is 35.4 Å². The van der Waals surface area contributed by atoms with Crippen LogP contribution in [0.3, 0.4) is 0 Å². The first-order valence-electron chi connectivity index (χ1n) is 10.2. The molecule has 1 aromatic carbocycles. The number of halogens is 2. The van der Waals surface area contributed by atoms with E-state index in [9.17, 15) is 14.5 Å². The lowest BCUT2D eigenvalue weighted by atomic mass is 10.1. The SMILES string of the molecule is C[C@H](NP(=O)(OC[C@@H]1C=C[C@H](n2cnc3c(Cl)nc(N)nc32)C1)Oc1ccc(Br)cc1)C(=O)O. The molecule has 0 amide bonds. The summed E-state index contributed by atoms with van der Waals surface area (Å²) >= 11 is 9.43. The summed E-state index contributed by atoms with van der Waals surface area (Å²) in [6.07, 6.45) is 6.09. The van der Waals surface area contributed by atoms with Gasteiger partial charge >= 0.3 is 13.7 Å². The third-order valence-corrected chi connectivity index (χ3v) is 7.56. The van der Waals surface area contributed by atoms with E-state index in [0.29, 0.717) is 17.6 Å². The number of fused-ring (bicyclic) bond motifs is 1. The Bertz CT molecular complexity index is 1290. The van der Waals surface area contributed by atoms with Crippen LogP contribution in [0.5, 0.6) is 5.75 Å². The van der Waals surface area contributed by atoms with Gasteiger partial charge in [-0.05, 0) is 37.6 Å². The Labute approximate surface area is 208 Å². The fourth-order valence-corrected chi connectivity index (χ4v) is 5.47. The van der Waals surface area contributed by atoms with E-state index in [1.807, 2.05) is 16.7 Å². The van der Waals surface area contributed by atoms with E-state index in [1.54, 1.807) is 30.6 Å². The van der Waals surface area contributed by atoms with Crippen molar-refractivity contribution in [3.63, 3.8) is 0 Å². The molecular weight excluding hydrogens is 551 g/mol. The minimum Gasteiger partial charge on any atom is -0.480 e. The molecule has 4 atom stereocenters. The molecule has 180 valence electrons. The van der Waals surface area contributed by atoms with Crippen molar-refractivity contribution >= 4 is 58.4 Å². The number of hydrogen-bond donors (Lipinski definition) is 3. The number of benzene rings is 1. The molecule has 4 N–H and O–H groups in total. The number of nitrogens with one attached hydrogen (secondary N) is 1. The first kappa shape index (κ1) is 24.6. The number of nitrogen functional groups attached to an aromatic ring is 1. The number of aliphatic carboxylic acids is 1. The second-order valence-electron chi connectivity index (χ2n) is 7.67. The van der Waals surface area contributed by atoms with Crippen LogP contribution < -0.4 is 15.3 Å². The van der Waals surface area contributed by atoms with Gasteiger partial charge in [-0.1, -0.05) is 39.7 Å². The van der Waals surface area contributed by atoms with Gasteiger partial charge in [0.2, 0.25) is 5.95 Å². The second-order valence-corrected chi connectivity index (χ2v) is 10.6. The van der Waals surface area contributed by atoms with Gasteiger partial charge in [0.25, 0.3) is 0 Å². The van der Waals surface area contributed by atoms with Crippen molar-refractivity contribution in [3.8, 4) is 5.75 Å². The van der Waals surface area contributed by atoms with Crippen LogP contribution >= 0.6 is 35.3 Å². The van der Waals surface area contributed by atoms with Gasteiger partial charge in [-0.25, -0.2) is 9.55 Å². The second kappa shape index (κ2) is 10.0. The molecule has 0 radical (unpaired) electrons.